The normalized spacial score (nSPS) is 16.6. The average Bonchev–Trinajstić information content (AvgIpc) is 3.20. The summed E-state index contributed by atoms with van der Waals surface area (Å²) in [6.45, 7) is 1.87. The zero-order chi connectivity index (χ0) is 23.7. The van der Waals surface area contributed by atoms with E-state index in [0.717, 1.165) is 37.2 Å². The molecule has 5 rings (SSSR count). The maximum atomic E-state index is 11.3. The van der Waals surface area contributed by atoms with Gasteiger partial charge in [-0.3, -0.25) is 4.79 Å². The molecule has 1 fully saturated rings. The van der Waals surface area contributed by atoms with Gasteiger partial charge in [-0.25, -0.2) is 14.6 Å². The number of carboxylic acid groups (broad SMARTS) is 1. The maximum Gasteiger partial charge on any atom is 0.311 e. The summed E-state index contributed by atoms with van der Waals surface area (Å²) in [5, 5.41) is 14.8. The van der Waals surface area contributed by atoms with E-state index in [1.54, 1.807) is 0 Å². The number of likely N-dealkylation sites (N-methyl/N-ethyl adjacent to an activating group) is 1. The van der Waals surface area contributed by atoms with E-state index in [2.05, 4.69) is 21.9 Å². The van der Waals surface area contributed by atoms with Gasteiger partial charge in [-0.1, -0.05) is 18.2 Å². The van der Waals surface area contributed by atoms with Crippen molar-refractivity contribution < 1.29 is 14.6 Å². The highest BCUT2D eigenvalue weighted by molar-refractivity contribution is 5.98. The molecule has 3 heterocycles. The van der Waals surface area contributed by atoms with Crippen molar-refractivity contribution in [3.63, 3.8) is 0 Å². The Morgan fingerprint density at radius 2 is 1.85 bits per heavy atom. The quantitative estimate of drug-likeness (QED) is 0.448. The van der Waals surface area contributed by atoms with Crippen LogP contribution in [0.15, 0.2) is 54.6 Å². The van der Waals surface area contributed by atoms with E-state index in [1.807, 2.05) is 59.3 Å². The van der Waals surface area contributed by atoms with Gasteiger partial charge in [0.15, 0.2) is 5.65 Å². The minimum absolute atomic E-state index is 0.114. The zero-order valence-corrected chi connectivity index (χ0v) is 18.9. The Balaban J connectivity index is 1.57. The molecule has 174 valence electrons. The van der Waals surface area contributed by atoms with Crippen LogP contribution in [0.3, 0.4) is 0 Å². The molecule has 0 amide bonds. The van der Waals surface area contributed by atoms with E-state index in [0.29, 0.717) is 22.5 Å². The van der Waals surface area contributed by atoms with Gasteiger partial charge in [0, 0.05) is 12.1 Å². The summed E-state index contributed by atoms with van der Waals surface area (Å²) >= 11 is 0. The molecule has 0 saturated carbocycles. The second-order valence-corrected chi connectivity index (χ2v) is 8.59. The highest BCUT2D eigenvalue weighted by Gasteiger charge is 2.26. The van der Waals surface area contributed by atoms with Crippen LogP contribution in [0.4, 0.5) is 5.82 Å². The monoisotopic (exact) mass is 458 g/mol. The number of likely N-dealkylation sites (tertiary alicyclic amines) is 1. The molecule has 1 saturated heterocycles. The van der Waals surface area contributed by atoms with Gasteiger partial charge in [0.1, 0.15) is 35.3 Å². The van der Waals surface area contributed by atoms with Crippen molar-refractivity contribution in [2.24, 2.45) is 0 Å². The number of nitrogen functional groups attached to an aromatic ring is 1. The van der Waals surface area contributed by atoms with Crippen molar-refractivity contribution >= 4 is 22.8 Å². The molecule has 1 aliphatic rings. The van der Waals surface area contributed by atoms with Gasteiger partial charge in [0.25, 0.3) is 0 Å². The van der Waals surface area contributed by atoms with Crippen LogP contribution in [0.2, 0.25) is 0 Å². The number of nitrogens with zero attached hydrogens (tertiary/aromatic N) is 5. The van der Waals surface area contributed by atoms with Gasteiger partial charge in [-0.05, 0) is 62.8 Å². The second kappa shape index (κ2) is 9.11. The molecule has 1 aliphatic heterocycles. The third-order valence-electron chi connectivity index (χ3n) is 5.99. The maximum absolute atomic E-state index is 11.3. The number of rotatable bonds is 6. The topological polar surface area (TPSA) is 119 Å². The molecule has 1 atom stereocenters. The summed E-state index contributed by atoms with van der Waals surface area (Å²) in [4.78, 5) is 22.4. The molecule has 0 aliphatic carbocycles. The average molecular weight is 459 g/mol. The smallest absolute Gasteiger partial charge is 0.311 e. The number of fused-ring (bicyclic) bond motifs is 1. The molecule has 2 aromatic heterocycles. The molecule has 2 aromatic carbocycles. The number of nitrogens with two attached hydrogens (primary N) is 1. The predicted octanol–water partition coefficient (Wildman–Crippen LogP) is 3.76. The van der Waals surface area contributed by atoms with Crippen molar-refractivity contribution in [3.8, 4) is 22.8 Å². The molecule has 9 heteroatoms. The Morgan fingerprint density at radius 3 is 2.56 bits per heavy atom. The van der Waals surface area contributed by atoms with Crippen molar-refractivity contribution in [2.75, 3.05) is 25.9 Å². The number of para-hydroxylation sites is 1. The first-order valence-electron chi connectivity index (χ1n) is 11.3. The lowest BCUT2D eigenvalue weighted by Crippen LogP contribution is -2.34. The van der Waals surface area contributed by atoms with Crippen LogP contribution in [-0.4, -0.2) is 55.9 Å². The fourth-order valence-corrected chi connectivity index (χ4v) is 4.43. The molecule has 34 heavy (non-hydrogen) atoms. The van der Waals surface area contributed by atoms with Gasteiger partial charge in [-0.15, -0.1) is 0 Å². The third kappa shape index (κ3) is 4.42. The van der Waals surface area contributed by atoms with E-state index in [4.69, 9.17) is 15.6 Å². The Kier molecular flexibility index (Phi) is 5.85. The zero-order valence-electron chi connectivity index (χ0n) is 18.9. The largest absolute Gasteiger partial charge is 0.481 e. The van der Waals surface area contributed by atoms with Gasteiger partial charge >= 0.3 is 5.97 Å². The van der Waals surface area contributed by atoms with Gasteiger partial charge in [0.05, 0.1) is 11.4 Å². The molecule has 9 nitrogen and oxygen atoms in total. The van der Waals surface area contributed by atoms with Crippen molar-refractivity contribution in [1.29, 1.82) is 0 Å². The molecular formula is C25H26N6O3. The van der Waals surface area contributed by atoms with Crippen LogP contribution in [0.1, 0.15) is 24.7 Å². The summed E-state index contributed by atoms with van der Waals surface area (Å²) in [6.07, 6.45) is 1.71. The van der Waals surface area contributed by atoms with Crippen molar-refractivity contribution in [3.05, 3.63) is 60.4 Å². The molecular weight excluding hydrogens is 432 g/mol. The lowest BCUT2D eigenvalue weighted by molar-refractivity contribution is -0.136. The lowest BCUT2D eigenvalue weighted by Gasteiger charge is -2.29. The van der Waals surface area contributed by atoms with Crippen LogP contribution in [0.25, 0.3) is 22.3 Å². The van der Waals surface area contributed by atoms with Gasteiger partial charge < -0.3 is 20.5 Å². The Hall–Kier alpha value is -3.98. The number of aliphatic carboxylic acids is 1. The summed E-state index contributed by atoms with van der Waals surface area (Å²) in [5.41, 5.74) is 8.44. The number of hydrogen-bond acceptors (Lipinski definition) is 7. The predicted molar refractivity (Wildman–Crippen MR) is 129 cm³/mol. The molecule has 4 aromatic rings. The minimum Gasteiger partial charge on any atom is -0.481 e. The van der Waals surface area contributed by atoms with Crippen molar-refractivity contribution in [2.45, 2.75) is 25.3 Å². The first-order chi connectivity index (χ1) is 16.5. The molecule has 0 radical (unpaired) electrons. The fraction of sp³-hybridized carbons (Fsp3) is 0.280. The summed E-state index contributed by atoms with van der Waals surface area (Å²) in [6, 6.07) is 17.3. The van der Waals surface area contributed by atoms with E-state index < -0.39 is 5.97 Å². The molecule has 3 N–H and O–H groups in total. The van der Waals surface area contributed by atoms with E-state index in [-0.39, 0.29) is 24.1 Å². The number of carboxylic acids is 1. The summed E-state index contributed by atoms with van der Waals surface area (Å²) in [5.74, 6) is 0.879. The number of ether oxygens (including phenoxy) is 1. The van der Waals surface area contributed by atoms with Crippen LogP contribution in [0, 0.1) is 0 Å². The SMILES string of the molecule is CN1CCCC(n2nc(-c3ccc(Oc4ccccc4)cc3)c3c(N)nc(CC(=O)O)nc32)C1. The van der Waals surface area contributed by atoms with Crippen LogP contribution < -0.4 is 10.5 Å². The third-order valence-corrected chi connectivity index (χ3v) is 5.99. The molecule has 0 spiro atoms. The van der Waals surface area contributed by atoms with Crippen molar-refractivity contribution in [1.82, 2.24) is 24.6 Å². The number of carbonyl (C=O) groups is 1. The highest BCUT2D eigenvalue weighted by Crippen LogP contribution is 2.35. The summed E-state index contributed by atoms with van der Waals surface area (Å²) < 4.78 is 7.81. The minimum atomic E-state index is -1.00. The Morgan fingerprint density at radius 1 is 1.12 bits per heavy atom. The number of hydrogen-bond donors (Lipinski definition) is 2. The first kappa shape index (κ1) is 21.8. The van der Waals surface area contributed by atoms with E-state index in [1.165, 1.54) is 0 Å². The summed E-state index contributed by atoms with van der Waals surface area (Å²) in [7, 11) is 2.09. The number of piperidine rings is 1. The lowest BCUT2D eigenvalue weighted by atomic mass is 10.1. The number of benzene rings is 2. The number of aromatic nitrogens is 4. The fourth-order valence-electron chi connectivity index (χ4n) is 4.43. The van der Waals surface area contributed by atoms with E-state index >= 15 is 0 Å². The Bertz CT molecular complexity index is 1320. The van der Waals surface area contributed by atoms with Gasteiger partial charge in [-0.2, -0.15) is 5.10 Å². The number of anilines is 1. The standard InChI is InChI=1S/C25H26N6O3/c1-30-13-5-6-17(15-30)31-25-22(24(26)27-20(28-25)14-21(32)33)23(29-31)16-9-11-19(12-10-16)34-18-7-3-2-4-8-18/h2-4,7-12,17H,5-6,13-15H2,1H3,(H,32,33)(H2,26,27,28). The highest BCUT2D eigenvalue weighted by atomic mass is 16.5. The molecule has 0 bridgehead atoms. The van der Waals surface area contributed by atoms with Crippen LogP contribution >= 0.6 is 0 Å². The van der Waals surface area contributed by atoms with E-state index in [9.17, 15) is 9.90 Å². The van der Waals surface area contributed by atoms with Crippen LogP contribution in [-0.2, 0) is 11.2 Å². The second-order valence-electron chi connectivity index (χ2n) is 8.59. The molecule has 1 unspecified atom stereocenters. The first-order valence-corrected chi connectivity index (χ1v) is 11.3. The van der Waals surface area contributed by atoms with Gasteiger partial charge in [0.2, 0.25) is 0 Å². The van der Waals surface area contributed by atoms with Crippen LogP contribution in [0.5, 0.6) is 11.5 Å². The Labute approximate surface area is 196 Å².